The second-order valence-corrected chi connectivity index (χ2v) is 4.51. The van der Waals surface area contributed by atoms with Crippen molar-refractivity contribution in [3.8, 4) is 0 Å². The van der Waals surface area contributed by atoms with Gasteiger partial charge in [-0.15, -0.1) is 0 Å². The lowest BCUT2D eigenvalue weighted by molar-refractivity contribution is -0.129. The van der Waals surface area contributed by atoms with Gasteiger partial charge in [0.15, 0.2) is 0 Å². The molecule has 1 N–H and O–H groups in total. The summed E-state index contributed by atoms with van der Waals surface area (Å²) in [6, 6.07) is 0.981. The molecule has 94 valence electrons. The summed E-state index contributed by atoms with van der Waals surface area (Å²) in [4.78, 5) is 13.1. The van der Waals surface area contributed by atoms with Crippen LogP contribution in [0.25, 0.3) is 0 Å². The number of carbonyl (C=O) groups excluding carboxylic acids is 1. The Morgan fingerprint density at radius 1 is 1.50 bits per heavy atom. The molecule has 1 aliphatic heterocycles. The number of piperidine rings is 1. The van der Waals surface area contributed by atoms with E-state index in [9.17, 15) is 4.79 Å². The van der Waals surface area contributed by atoms with E-state index in [0.29, 0.717) is 12.1 Å². The van der Waals surface area contributed by atoms with E-state index in [-0.39, 0.29) is 5.91 Å². The summed E-state index contributed by atoms with van der Waals surface area (Å²) >= 11 is 0. The van der Waals surface area contributed by atoms with Crippen molar-refractivity contribution in [2.75, 3.05) is 26.8 Å². The Morgan fingerprint density at radius 3 is 2.56 bits per heavy atom. The second-order valence-electron chi connectivity index (χ2n) is 4.51. The number of likely N-dealkylation sites (tertiary alicyclic amines) is 1. The van der Waals surface area contributed by atoms with Crippen LogP contribution in [0.1, 0.15) is 33.1 Å². The van der Waals surface area contributed by atoms with Gasteiger partial charge in [0.2, 0.25) is 5.91 Å². The third-order valence-electron chi connectivity index (χ3n) is 3.27. The number of amides is 1. The highest BCUT2D eigenvalue weighted by atomic mass is 16.5. The first-order valence-corrected chi connectivity index (χ1v) is 6.17. The van der Waals surface area contributed by atoms with E-state index in [1.165, 1.54) is 0 Å². The highest BCUT2D eigenvalue weighted by molar-refractivity contribution is 5.73. The van der Waals surface area contributed by atoms with Crippen LogP contribution < -0.4 is 5.32 Å². The minimum Gasteiger partial charge on any atom is -0.383 e. The summed E-state index contributed by atoms with van der Waals surface area (Å²) in [5.74, 6) is 0.197. The van der Waals surface area contributed by atoms with Gasteiger partial charge in [0.05, 0.1) is 6.61 Å². The van der Waals surface area contributed by atoms with Crippen molar-refractivity contribution in [1.29, 1.82) is 0 Å². The number of rotatable bonds is 5. The minimum atomic E-state index is 0.197. The van der Waals surface area contributed by atoms with Crippen molar-refractivity contribution in [3.05, 3.63) is 0 Å². The van der Waals surface area contributed by atoms with Crippen LogP contribution in [0.3, 0.4) is 0 Å². The van der Waals surface area contributed by atoms with Gasteiger partial charge in [-0.05, 0) is 19.3 Å². The Hall–Kier alpha value is -0.610. The molecule has 0 spiro atoms. The molecular formula is C12H24N2O2. The largest absolute Gasteiger partial charge is 0.383 e. The van der Waals surface area contributed by atoms with E-state index in [1.54, 1.807) is 14.0 Å². The molecular weight excluding hydrogens is 204 g/mol. The summed E-state index contributed by atoms with van der Waals surface area (Å²) in [5, 5.41) is 3.60. The molecule has 0 saturated carbocycles. The molecule has 4 nitrogen and oxygen atoms in total. The van der Waals surface area contributed by atoms with Crippen LogP contribution in [0.5, 0.6) is 0 Å². The third kappa shape index (κ3) is 4.10. The minimum absolute atomic E-state index is 0.197. The average molecular weight is 228 g/mol. The van der Waals surface area contributed by atoms with Gasteiger partial charge in [0, 0.05) is 39.2 Å². The van der Waals surface area contributed by atoms with Crippen molar-refractivity contribution >= 4 is 5.91 Å². The van der Waals surface area contributed by atoms with Crippen LogP contribution in [-0.4, -0.2) is 49.7 Å². The maximum Gasteiger partial charge on any atom is 0.219 e. The molecule has 4 heteroatoms. The van der Waals surface area contributed by atoms with Gasteiger partial charge in [-0.25, -0.2) is 0 Å². The molecule has 1 rings (SSSR count). The standard InChI is InChI=1S/C12H24N2O2/c1-4-11(9-16-3)13-12-5-7-14(8-6-12)10(2)15/h11-13H,4-9H2,1-3H3. The maximum absolute atomic E-state index is 11.2. The molecule has 1 fully saturated rings. The summed E-state index contributed by atoms with van der Waals surface area (Å²) in [5.41, 5.74) is 0. The summed E-state index contributed by atoms with van der Waals surface area (Å²) in [7, 11) is 1.74. The summed E-state index contributed by atoms with van der Waals surface area (Å²) in [6.45, 7) is 6.35. The smallest absolute Gasteiger partial charge is 0.219 e. The van der Waals surface area contributed by atoms with Gasteiger partial charge in [0.1, 0.15) is 0 Å². The fourth-order valence-corrected chi connectivity index (χ4v) is 2.18. The Balaban J connectivity index is 2.28. The lowest BCUT2D eigenvalue weighted by atomic mass is 10.0. The van der Waals surface area contributed by atoms with E-state index >= 15 is 0 Å². The maximum atomic E-state index is 11.2. The average Bonchev–Trinajstić information content (AvgIpc) is 2.29. The summed E-state index contributed by atoms with van der Waals surface area (Å²) < 4.78 is 5.17. The molecule has 16 heavy (non-hydrogen) atoms. The molecule has 1 atom stereocenters. The highest BCUT2D eigenvalue weighted by Gasteiger charge is 2.22. The van der Waals surface area contributed by atoms with Gasteiger partial charge in [-0.1, -0.05) is 6.92 Å². The van der Waals surface area contributed by atoms with Crippen molar-refractivity contribution in [2.24, 2.45) is 0 Å². The number of nitrogens with one attached hydrogen (secondary N) is 1. The van der Waals surface area contributed by atoms with Crippen LogP contribution in [0.15, 0.2) is 0 Å². The Labute approximate surface area is 98.3 Å². The Bertz CT molecular complexity index is 213. The lowest BCUT2D eigenvalue weighted by Gasteiger charge is -2.33. The molecule has 0 aromatic heterocycles. The normalized spacial score (nSPS) is 19.8. The van der Waals surface area contributed by atoms with Crippen LogP contribution in [0.2, 0.25) is 0 Å². The van der Waals surface area contributed by atoms with E-state index in [2.05, 4.69) is 12.2 Å². The molecule has 1 amide bonds. The van der Waals surface area contributed by atoms with Crippen molar-refractivity contribution in [2.45, 2.75) is 45.2 Å². The lowest BCUT2D eigenvalue weighted by Crippen LogP contribution is -2.48. The molecule has 1 saturated heterocycles. The van der Waals surface area contributed by atoms with E-state index < -0.39 is 0 Å². The first-order chi connectivity index (χ1) is 7.67. The monoisotopic (exact) mass is 228 g/mol. The zero-order valence-electron chi connectivity index (χ0n) is 10.7. The predicted octanol–water partition coefficient (Wildman–Crippen LogP) is 1.01. The molecule has 0 aromatic rings. The molecule has 1 aliphatic rings. The fourth-order valence-electron chi connectivity index (χ4n) is 2.18. The van der Waals surface area contributed by atoms with Crippen LogP contribution in [0, 0.1) is 0 Å². The van der Waals surface area contributed by atoms with Crippen LogP contribution in [-0.2, 0) is 9.53 Å². The van der Waals surface area contributed by atoms with Crippen LogP contribution in [0.4, 0.5) is 0 Å². The number of hydrogen-bond acceptors (Lipinski definition) is 3. The quantitative estimate of drug-likeness (QED) is 0.763. The second kappa shape index (κ2) is 6.86. The van der Waals surface area contributed by atoms with Crippen LogP contribution >= 0.6 is 0 Å². The molecule has 0 radical (unpaired) electrons. The SMILES string of the molecule is CCC(COC)NC1CCN(C(C)=O)CC1. The number of nitrogens with zero attached hydrogens (tertiary/aromatic N) is 1. The van der Waals surface area contributed by atoms with E-state index in [4.69, 9.17) is 4.74 Å². The number of ether oxygens (including phenoxy) is 1. The number of carbonyl (C=O) groups is 1. The fraction of sp³-hybridized carbons (Fsp3) is 0.917. The number of methoxy groups -OCH3 is 1. The van der Waals surface area contributed by atoms with Gasteiger partial charge in [-0.2, -0.15) is 0 Å². The first-order valence-electron chi connectivity index (χ1n) is 6.17. The molecule has 1 unspecified atom stereocenters. The molecule has 0 aliphatic carbocycles. The van der Waals surface area contributed by atoms with Crippen molar-refractivity contribution < 1.29 is 9.53 Å². The zero-order valence-corrected chi connectivity index (χ0v) is 10.7. The van der Waals surface area contributed by atoms with E-state index in [1.807, 2.05) is 4.90 Å². The Morgan fingerprint density at radius 2 is 2.12 bits per heavy atom. The first kappa shape index (κ1) is 13.5. The predicted molar refractivity (Wildman–Crippen MR) is 64.4 cm³/mol. The topological polar surface area (TPSA) is 41.6 Å². The Kier molecular flexibility index (Phi) is 5.77. The van der Waals surface area contributed by atoms with Crippen molar-refractivity contribution in [1.82, 2.24) is 10.2 Å². The summed E-state index contributed by atoms with van der Waals surface area (Å²) in [6.07, 6.45) is 3.19. The van der Waals surface area contributed by atoms with Gasteiger partial charge >= 0.3 is 0 Å². The van der Waals surface area contributed by atoms with Gasteiger partial charge in [-0.3, -0.25) is 4.79 Å². The molecule has 0 aromatic carbocycles. The zero-order chi connectivity index (χ0) is 12.0. The third-order valence-corrected chi connectivity index (χ3v) is 3.27. The van der Waals surface area contributed by atoms with Gasteiger partial charge in [0.25, 0.3) is 0 Å². The number of hydrogen-bond donors (Lipinski definition) is 1. The van der Waals surface area contributed by atoms with Crippen molar-refractivity contribution in [3.63, 3.8) is 0 Å². The molecule has 0 bridgehead atoms. The van der Waals surface area contributed by atoms with E-state index in [0.717, 1.165) is 39.0 Å². The highest BCUT2D eigenvalue weighted by Crippen LogP contribution is 2.11. The van der Waals surface area contributed by atoms with Gasteiger partial charge < -0.3 is 15.0 Å². The molecule has 1 heterocycles.